The van der Waals surface area contributed by atoms with Crippen LogP contribution in [0.25, 0.3) is 0 Å². The van der Waals surface area contributed by atoms with Crippen molar-refractivity contribution in [2.45, 2.75) is 26.2 Å². The van der Waals surface area contributed by atoms with Gasteiger partial charge < -0.3 is 19.8 Å². The second-order valence-corrected chi connectivity index (χ2v) is 5.26. The summed E-state index contributed by atoms with van der Waals surface area (Å²) in [7, 11) is 0. The quantitative estimate of drug-likeness (QED) is 0.810. The number of hydrogen-bond acceptors (Lipinski definition) is 4. The third kappa shape index (κ3) is 2.61. The van der Waals surface area contributed by atoms with E-state index in [4.69, 9.17) is 4.74 Å². The number of nitrogens with zero attached hydrogens (tertiary/aromatic N) is 1. The number of anilines is 2. The van der Waals surface area contributed by atoms with Crippen LogP contribution in [0.2, 0.25) is 0 Å². The molecule has 21 heavy (non-hydrogen) atoms. The molecular formula is C17H19NO3. The average molecular weight is 285 g/mol. The minimum absolute atomic E-state index is 0.172. The van der Waals surface area contributed by atoms with E-state index in [1.54, 1.807) is 24.3 Å². The van der Waals surface area contributed by atoms with Crippen LogP contribution >= 0.6 is 0 Å². The topological polar surface area (TPSA) is 52.9 Å². The van der Waals surface area contributed by atoms with E-state index >= 15 is 0 Å². The molecule has 0 fully saturated rings. The maximum Gasteiger partial charge on any atom is 0.154 e. The minimum atomic E-state index is 0.172. The van der Waals surface area contributed by atoms with Crippen LogP contribution in [0.3, 0.4) is 0 Å². The molecular weight excluding hydrogens is 266 g/mol. The molecule has 0 atom stereocenters. The fourth-order valence-electron chi connectivity index (χ4n) is 2.62. The molecule has 4 heteroatoms. The Labute approximate surface area is 124 Å². The number of rotatable bonds is 4. The van der Waals surface area contributed by atoms with Crippen LogP contribution < -0.4 is 9.64 Å². The number of phenols is 2. The van der Waals surface area contributed by atoms with Crippen LogP contribution in [0.5, 0.6) is 23.0 Å². The van der Waals surface area contributed by atoms with Crippen LogP contribution in [0.1, 0.15) is 26.2 Å². The fourth-order valence-corrected chi connectivity index (χ4v) is 2.62. The van der Waals surface area contributed by atoms with Crippen molar-refractivity contribution in [1.29, 1.82) is 0 Å². The highest BCUT2D eigenvalue weighted by atomic mass is 16.5. The highest BCUT2D eigenvalue weighted by molar-refractivity contribution is 5.79. The van der Waals surface area contributed by atoms with Crippen LogP contribution in [0.15, 0.2) is 36.4 Å². The highest BCUT2D eigenvalue weighted by Crippen LogP contribution is 2.48. The summed E-state index contributed by atoms with van der Waals surface area (Å²) >= 11 is 0. The lowest BCUT2D eigenvalue weighted by Gasteiger charge is -2.33. The van der Waals surface area contributed by atoms with Gasteiger partial charge in [0.2, 0.25) is 0 Å². The third-order valence-corrected chi connectivity index (χ3v) is 3.67. The largest absolute Gasteiger partial charge is 0.508 e. The summed E-state index contributed by atoms with van der Waals surface area (Å²) in [6, 6.07) is 10.3. The molecule has 3 rings (SSSR count). The number of fused-ring (bicyclic) bond motifs is 2. The summed E-state index contributed by atoms with van der Waals surface area (Å²) in [4.78, 5) is 2.18. The van der Waals surface area contributed by atoms with Gasteiger partial charge in [0.25, 0.3) is 0 Å². The van der Waals surface area contributed by atoms with Crippen LogP contribution in [0, 0.1) is 0 Å². The van der Waals surface area contributed by atoms with E-state index in [0.717, 1.165) is 37.2 Å². The van der Waals surface area contributed by atoms with E-state index in [1.165, 1.54) is 0 Å². The molecule has 1 aliphatic rings. The molecule has 0 spiro atoms. The van der Waals surface area contributed by atoms with Crippen molar-refractivity contribution in [3.8, 4) is 23.0 Å². The first-order valence-electron chi connectivity index (χ1n) is 7.30. The second kappa shape index (κ2) is 5.56. The number of hydrogen-bond donors (Lipinski definition) is 2. The predicted molar refractivity (Wildman–Crippen MR) is 82.8 cm³/mol. The Morgan fingerprint density at radius 3 is 2.00 bits per heavy atom. The van der Waals surface area contributed by atoms with Crippen LogP contribution in [-0.4, -0.2) is 16.8 Å². The van der Waals surface area contributed by atoms with Gasteiger partial charge in [0.05, 0.1) is 11.4 Å². The summed E-state index contributed by atoms with van der Waals surface area (Å²) < 4.78 is 5.81. The zero-order valence-corrected chi connectivity index (χ0v) is 12.0. The third-order valence-electron chi connectivity index (χ3n) is 3.67. The van der Waals surface area contributed by atoms with Gasteiger partial charge in [-0.3, -0.25) is 0 Å². The Bertz CT molecular complexity index is 603. The molecule has 0 aromatic heterocycles. The summed E-state index contributed by atoms with van der Waals surface area (Å²) in [5.41, 5.74) is 1.89. The van der Waals surface area contributed by atoms with E-state index in [2.05, 4.69) is 11.8 Å². The van der Waals surface area contributed by atoms with Crippen molar-refractivity contribution in [2.75, 3.05) is 11.4 Å². The van der Waals surface area contributed by atoms with E-state index in [-0.39, 0.29) is 11.5 Å². The van der Waals surface area contributed by atoms with Gasteiger partial charge in [0, 0.05) is 18.7 Å². The van der Waals surface area contributed by atoms with Crippen LogP contribution in [0.4, 0.5) is 11.4 Å². The van der Waals surface area contributed by atoms with Gasteiger partial charge in [0.1, 0.15) is 11.5 Å². The summed E-state index contributed by atoms with van der Waals surface area (Å²) in [6.07, 6.45) is 3.41. The van der Waals surface area contributed by atoms with E-state index in [9.17, 15) is 10.2 Å². The predicted octanol–water partition coefficient (Wildman–Crippen LogP) is 4.53. The highest BCUT2D eigenvalue weighted by Gasteiger charge is 2.24. The molecule has 2 N–H and O–H groups in total. The van der Waals surface area contributed by atoms with Gasteiger partial charge in [-0.25, -0.2) is 0 Å². The van der Waals surface area contributed by atoms with Gasteiger partial charge in [-0.05, 0) is 30.7 Å². The van der Waals surface area contributed by atoms with Crippen molar-refractivity contribution in [3.63, 3.8) is 0 Å². The first-order chi connectivity index (χ1) is 10.2. The number of unbranched alkanes of at least 4 members (excludes halogenated alkanes) is 2. The zero-order chi connectivity index (χ0) is 14.8. The van der Waals surface area contributed by atoms with E-state index in [1.807, 2.05) is 12.1 Å². The van der Waals surface area contributed by atoms with E-state index in [0.29, 0.717) is 11.5 Å². The minimum Gasteiger partial charge on any atom is -0.508 e. The second-order valence-electron chi connectivity index (χ2n) is 5.26. The van der Waals surface area contributed by atoms with Gasteiger partial charge in [-0.15, -0.1) is 0 Å². The van der Waals surface area contributed by atoms with Crippen molar-refractivity contribution >= 4 is 11.4 Å². The molecule has 0 saturated carbocycles. The molecule has 0 saturated heterocycles. The number of benzene rings is 2. The Balaban J connectivity index is 2.01. The number of aromatic hydroxyl groups is 2. The Kier molecular flexibility index (Phi) is 3.60. The number of phenolic OH excluding ortho intramolecular Hbond substituents is 2. The molecule has 0 unspecified atom stereocenters. The molecule has 0 amide bonds. The molecule has 0 aliphatic carbocycles. The first-order valence-corrected chi connectivity index (χ1v) is 7.30. The molecule has 0 bridgehead atoms. The fraction of sp³-hybridized carbons (Fsp3) is 0.294. The van der Waals surface area contributed by atoms with Gasteiger partial charge in [-0.2, -0.15) is 0 Å². The molecule has 1 heterocycles. The van der Waals surface area contributed by atoms with Crippen molar-refractivity contribution < 1.29 is 14.9 Å². The Morgan fingerprint density at radius 2 is 1.48 bits per heavy atom. The zero-order valence-electron chi connectivity index (χ0n) is 12.0. The van der Waals surface area contributed by atoms with Gasteiger partial charge in [-0.1, -0.05) is 19.8 Å². The summed E-state index contributed by atoms with van der Waals surface area (Å²) in [5, 5.41) is 19.3. The van der Waals surface area contributed by atoms with Crippen molar-refractivity contribution in [1.82, 2.24) is 0 Å². The van der Waals surface area contributed by atoms with E-state index < -0.39 is 0 Å². The molecule has 4 nitrogen and oxygen atoms in total. The summed E-state index contributed by atoms with van der Waals surface area (Å²) in [5.74, 6) is 1.57. The molecule has 110 valence electrons. The Hall–Kier alpha value is -2.36. The van der Waals surface area contributed by atoms with Gasteiger partial charge in [0.15, 0.2) is 11.5 Å². The average Bonchev–Trinajstić information content (AvgIpc) is 2.46. The summed E-state index contributed by atoms with van der Waals surface area (Å²) in [6.45, 7) is 3.06. The van der Waals surface area contributed by atoms with Crippen molar-refractivity contribution in [2.24, 2.45) is 0 Å². The molecule has 2 aromatic rings. The molecule has 0 radical (unpaired) electrons. The van der Waals surface area contributed by atoms with Gasteiger partial charge >= 0.3 is 0 Å². The standard InChI is InChI=1S/C17H19NO3/c1-2-3-4-9-18-14-7-5-12(19)10-16(14)21-17-11-13(20)6-8-15(17)18/h5-8,10-11,19-20H,2-4,9H2,1H3. The van der Waals surface area contributed by atoms with Crippen molar-refractivity contribution in [3.05, 3.63) is 36.4 Å². The number of ether oxygens (including phenoxy) is 1. The monoisotopic (exact) mass is 285 g/mol. The SMILES string of the molecule is CCCCCN1c2ccc(O)cc2Oc2cc(O)ccc21. The molecule has 1 aliphatic heterocycles. The van der Waals surface area contributed by atoms with Crippen LogP contribution in [-0.2, 0) is 0 Å². The normalized spacial score (nSPS) is 12.5. The smallest absolute Gasteiger partial charge is 0.154 e. The Morgan fingerprint density at radius 1 is 0.905 bits per heavy atom. The maximum atomic E-state index is 9.64. The lowest BCUT2D eigenvalue weighted by atomic mass is 10.1. The molecule has 2 aromatic carbocycles. The first kappa shape index (κ1) is 13.6. The lowest BCUT2D eigenvalue weighted by molar-refractivity contribution is 0.441. The lowest BCUT2D eigenvalue weighted by Crippen LogP contribution is -2.22. The maximum absolute atomic E-state index is 9.64.